The van der Waals surface area contributed by atoms with E-state index in [9.17, 15) is 9.59 Å². The quantitative estimate of drug-likeness (QED) is 0.247. The van der Waals surface area contributed by atoms with Gasteiger partial charge in [-0.3, -0.25) is 0 Å². The monoisotopic (exact) mass is 456 g/mol. The van der Waals surface area contributed by atoms with Crippen LogP contribution >= 0.6 is 15.9 Å². The number of alkyl halides is 1. The van der Waals surface area contributed by atoms with Gasteiger partial charge < -0.3 is 19.6 Å². The number of hydrogen-bond acceptors (Lipinski definition) is 6. The third-order valence-corrected chi connectivity index (χ3v) is 4.05. The van der Waals surface area contributed by atoms with Crippen molar-refractivity contribution in [2.24, 2.45) is 5.16 Å². The largest absolute Gasteiger partial charge is 0.464 e. The molecule has 0 bridgehead atoms. The van der Waals surface area contributed by atoms with E-state index >= 15 is 0 Å². The zero-order valence-electron chi connectivity index (χ0n) is 16.9. The lowest BCUT2D eigenvalue weighted by Gasteiger charge is -2.22. The number of halogens is 1. The number of nitrogens with zero attached hydrogens (tertiary/aromatic N) is 1. The first-order valence-corrected chi connectivity index (χ1v) is 10.3. The zero-order valence-corrected chi connectivity index (χ0v) is 18.5. The maximum absolute atomic E-state index is 12.2. The van der Waals surface area contributed by atoms with Gasteiger partial charge in [0.05, 0.1) is 12.3 Å². The number of hydrogen-bond donors (Lipinski definition) is 1. The Kier molecular flexibility index (Phi) is 10.6. The summed E-state index contributed by atoms with van der Waals surface area (Å²) in [4.78, 5) is 29.6. The van der Waals surface area contributed by atoms with Crippen LogP contribution in [0.5, 0.6) is 0 Å². The lowest BCUT2D eigenvalue weighted by Crippen LogP contribution is -2.44. The second-order valence-electron chi connectivity index (χ2n) is 7.04. The van der Waals surface area contributed by atoms with Crippen molar-refractivity contribution in [3.63, 3.8) is 0 Å². The van der Waals surface area contributed by atoms with Crippen molar-refractivity contribution >= 4 is 33.7 Å². The third kappa shape index (κ3) is 10.3. The first-order valence-electron chi connectivity index (χ1n) is 9.19. The Morgan fingerprint density at radius 1 is 1.21 bits per heavy atom. The number of benzene rings is 1. The summed E-state index contributed by atoms with van der Waals surface area (Å²) in [6.45, 7) is 7.56. The van der Waals surface area contributed by atoms with Crippen LogP contribution in [0.25, 0.3) is 0 Å². The summed E-state index contributed by atoms with van der Waals surface area (Å²) < 4.78 is 10.3. The van der Waals surface area contributed by atoms with Crippen molar-refractivity contribution in [3.8, 4) is 0 Å². The number of alkyl carbamates (subject to hydrolysis) is 1. The lowest BCUT2D eigenvalue weighted by molar-refractivity contribution is -0.145. The summed E-state index contributed by atoms with van der Waals surface area (Å²) in [6.07, 6.45) is 0.0967. The van der Waals surface area contributed by atoms with Gasteiger partial charge in [-0.2, -0.15) is 0 Å². The minimum atomic E-state index is -0.826. The van der Waals surface area contributed by atoms with E-state index in [0.717, 1.165) is 11.3 Å². The van der Waals surface area contributed by atoms with Crippen LogP contribution in [0, 0.1) is 0 Å². The maximum atomic E-state index is 12.2. The highest BCUT2D eigenvalue weighted by atomic mass is 79.9. The van der Waals surface area contributed by atoms with E-state index in [4.69, 9.17) is 14.3 Å². The second-order valence-corrected chi connectivity index (χ2v) is 7.60. The van der Waals surface area contributed by atoms with Crippen LogP contribution in [0.15, 0.2) is 35.5 Å². The number of rotatable bonds is 10. The molecule has 0 fully saturated rings. The highest BCUT2D eigenvalue weighted by molar-refractivity contribution is 9.09. The smallest absolute Gasteiger partial charge is 0.408 e. The zero-order chi connectivity index (χ0) is 21.0. The predicted octanol–water partition coefficient (Wildman–Crippen LogP) is 4.19. The molecule has 8 heteroatoms. The SMILES string of the molecule is CCOC(=O)C(CCC(CBr)=NOCc1ccccc1)NC(=O)OC(C)(C)C. The number of carbonyl (C=O) groups is 2. The van der Waals surface area contributed by atoms with Gasteiger partial charge in [-0.25, -0.2) is 9.59 Å². The molecule has 0 aliphatic heterocycles. The molecule has 28 heavy (non-hydrogen) atoms. The Morgan fingerprint density at radius 2 is 1.89 bits per heavy atom. The number of amides is 1. The molecule has 0 aliphatic rings. The fourth-order valence-corrected chi connectivity index (χ4v) is 2.54. The molecule has 0 aromatic heterocycles. The molecule has 1 atom stereocenters. The Balaban J connectivity index is 2.63. The van der Waals surface area contributed by atoms with E-state index in [1.807, 2.05) is 30.3 Å². The number of ether oxygens (including phenoxy) is 2. The summed E-state index contributed by atoms with van der Waals surface area (Å²) in [5, 5.41) is 7.19. The fraction of sp³-hybridized carbons (Fsp3) is 0.550. The summed E-state index contributed by atoms with van der Waals surface area (Å²) in [5.74, 6) is -0.507. The summed E-state index contributed by atoms with van der Waals surface area (Å²) in [5.41, 5.74) is 1.07. The first-order chi connectivity index (χ1) is 13.2. The lowest BCUT2D eigenvalue weighted by atomic mass is 10.1. The third-order valence-electron chi connectivity index (χ3n) is 3.41. The molecule has 0 aliphatic carbocycles. The van der Waals surface area contributed by atoms with Gasteiger partial charge in [-0.05, 0) is 46.1 Å². The van der Waals surface area contributed by atoms with Crippen molar-refractivity contribution in [1.29, 1.82) is 0 Å². The molecule has 156 valence electrons. The van der Waals surface area contributed by atoms with Crippen molar-refractivity contribution in [2.75, 3.05) is 11.9 Å². The van der Waals surface area contributed by atoms with Gasteiger partial charge in [0.1, 0.15) is 18.2 Å². The van der Waals surface area contributed by atoms with E-state index in [-0.39, 0.29) is 6.61 Å². The second kappa shape index (κ2) is 12.4. The van der Waals surface area contributed by atoms with Gasteiger partial charge >= 0.3 is 12.1 Å². The van der Waals surface area contributed by atoms with E-state index in [2.05, 4.69) is 26.4 Å². The van der Waals surface area contributed by atoms with Crippen LogP contribution in [-0.4, -0.2) is 41.4 Å². The van der Waals surface area contributed by atoms with Gasteiger partial charge in [0.25, 0.3) is 0 Å². The van der Waals surface area contributed by atoms with Crippen LogP contribution in [-0.2, 0) is 25.7 Å². The van der Waals surface area contributed by atoms with Crippen molar-refractivity contribution < 1.29 is 23.9 Å². The molecule has 7 nitrogen and oxygen atoms in total. The van der Waals surface area contributed by atoms with Crippen LogP contribution in [0.4, 0.5) is 4.79 Å². The van der Waals surface area contributed by atoms with E-state index in [1.54, 1.807) is 27.7 Å². The average Bonchev–Trinajstić information content (AvgIpc) is 2.62. The van der Waals surface area contributed by atoms with E-state index in [0.29, 0.717) is 24.8 Å². The van der Waals surface area contributed by atoms with Crippen LogP contribution in [0.3, 0.4) is 0 Å². The molecule has 0 heterocycles. The van der Waals surface area contributed by atoms with Gasteiger partial charge in [-0.15, -0.1) is 0 Å². The Bertz CT molecular complexity index is 644. The van der Waals surface area contributed by atoms with Gasteiger partial charge in [0.15, 0.2) is 0 Å². The Hall–Kier alpha value is -2.09. The standard InChI is InChI=1S/C20H29BrN2O5/c1-5-26-18(24)17(22-19(25)28-20(2,3)4)12-11-16(13-21)23-27-14-15-9-7-6-8-10-15/h6-10,17H,5,11-14H2,1-4H3,(H,22,25). The molecule has 1 amide bonds. The summed E-state index contributed by atoms with van der Waals surface area (Å²) in [7, 11) is 0. The first kappa shape index (κ1) is 23.9. The maximum Gasteiger partial charge on any atom is 0.408 e. The molecular formula is C20H29BrN2O5. The molecule has 0 radical (unpaired) electrons. The van der Waals surface area contributed by atoms with Gasteiger partial charge in [0, 0.05) is 5.33 Å². The van der Waals surface area contributed by atoms with Crippen LogP contribution in [0.2, 0.25) is 0 Å². The molecule has 1 unspecified atom stereocenters. The molecule has 1 rings (SSSR count). The van der Waals surface area contributed by atoms with E-state index in [1.165, 1.54) is 0 Å². The molecule has 0 spiro atoms. The van der Waals surface area contributed by atoms with Crippen molar-refractivity contribution in [3.05, 3.63) is 35.9 Å². The number of nitrogens with one attached hydrogen (secondary N) is 1. The minimum absolute atomic E-state index is 0.227. The highest BCUT2D eigenvalue weighted by Crippen LogP contribution is 2.10. The molecule has 0 saturated carbocycles. The fourth-order valence-electron chi connectivity index (χ4n) is 2.16. The highest BCUT2D eigenvalue weighted by Gasteiger charge is 2.25. The summed E-state index contributed by atoms with van der Waals surface area (Å²) in [6, 6.07) is 8.87. The van der Waals surface area contributed by atoms with E-state index < -0.39 is 23.7 Å². The molecule has 1 aromatic rings. The Labute approximate surface area is 174 Å². The normalized spacial score (nSPS) is 12.8. The number of oxime groups is 1. The van der Waals surface area contributed by atoms with Crippen LogP contribution in [0.1, 0.15) is 46.1 Å². The van der Waals surface area contributed by atoms with Crippen molar-refractivity contribution in [2.45, 2.75) is 58.8 Å². The predicted molar refractivity (Wildman–Crippen MR) is 111 cm³/mol. The molecule has 1 N–H and O–H groups in total. The van der Waals surface area contributed by atoms with Gasteiger partial charge in [-0.1, -0.05) is 51.4 Å². The minimum Gasteiger partial charge on any atom is -0.464 e. The molecule has 0 saturated heterocycles. The Morgan fingerprint density at radius 3 is 2.46 bits per heavy atom. The average molecular weight is 457 g/mol. The van der Waals surface area contributed by atoms with Crippen LogP contribution < -0.4 is 5.32 Å². The van der Waals surface area contributed by atoms with Gasteiger partial charge in [0.2, 0.25) is 0 Å². The topological polar surface area (TPSA) is 86.2 Å². The number of esters is 1. The van der Waals surface area contributed by atoms with Crippen molar-refractivity contribution in [1.82, 2.24) is 5.32 Å². The molecule has 1 aromatic carbocycles. The number of carbonyl (C=O) groups excluding carboxylic acids is 2. The molecular weight excluding hydrogens is 428 g/mol. The summed E-state index contributed by atoms with van der Waals surface area (Å²) >= 11 is 3.37.